The maximum absolute atomic E-state index is 13.1. The number of nitrogens with zero attached hydrogens (tertiary/aromatic N) is 2. The molecule has 2 aromatic rings. The lowest BCUT2D eigenvalue weighted by Crippen LogP contribution is -2.19. The van der Waals surface area contributed by atoms with Gasteiger partial charge in [-0.25, -0.2) is 4.39 Å². The minimum Gasteiger partial charge on any atom is -0.312 e. The third kappa shape index (κ3) is 3.38. The summed E-state index contributed by atoms with van der Waals surface area (Å²) >= 11 is 4.83. The molecule has 1 aromatic heterocycles. The molecule has 0 aliphatic rings. The summed E-state index contributed by atoms with van der Waals surface area (Å²) in [5.74, 6) is -0.231. The molecule has 19 heavy (non-hydrogen) atoms. The van der Waals surface area contributed by atoms with Gasteiger partial charge in [-0.2, -0.15) is 0 Å². The molecular formula is C13H15BrFN3S. The number of likely N-dealkylation sites (N-methyl/N-ethyl adjacent to an activating group) is 1. The van der Waals surface area contributed by atoms with Crippen molar-refractivity contribution in [3.05, 3.63) is 44.6 Å². The molecule has 0 saturated carbocycles. The summed E-state index contributed by atoms with van der Waals surface area (Å²) in [7, 11) is 1.92. The zero-order valence-electron chi connectivity index (χ0n) is 10.8. The first-order valence-corrected chi connectivity index (χ1v) is 7.64. The summed E-state index contributed by atoms with van der Waals surface area (Å²) in [6, 6.07) is 4.94. The van der Waals surface area contributed by atoms with E-state index in [1.54, 1.807) is 0 Å². The van der Waals surface area contributed by atoms with E-state index in [9.17, 15) is 4.39 Å². The van der Waals surface area contributed by atoms with E-state index in [1.807, 2.05) is 13.1 Å². The molecule has 0 fully saturated rings. The van der Waals surface area contributed by atoms with E-state index in [-0.39, 0.29) is 11.9 Å². The van der Waals surface area contributed by atoms with Crippen LogP contribution in [0.5, 0.6) is 0 Å². The quantitative estimate of drug-likeness (QED) is 0.902. The fourth-order valence-electron chi connectivity index (χ4n) is 1.96. The van der Waals surface area contributed by atoms with Gasteiger partial charge < -0.3 is 5.32 Å². The van der Waals surface area contributed by atoms with Crippen LogP contribution in [0.3, 0.4) is 0 Å². The molecule has 102 valence electrons. The number of rotatable bonds is 5. The number of aromatic nitrogens is 2. The van der Waals surface area contributed by atoms with E-state index >= 15 is 0 Å². The molecule has 0 radical (unpaired) electrons. The highest BCUT2D eigenvalue weighted by atomic mass is 79.9. The van der Waals surface area contributed by atoms with Gasteiger partial charge >= 0.3 is 0 Å². The molecule has 1 aromatic carbocycles. The number of halogens is 2. The fraction of sp³-hybridized carbons (Fsp3) is 0.385. The Morgan fingerprint density at radius 3 is 2.89 bits per heavy atom. The van der Waals surface area contributed by atoms with Crippen molar-refractivity contribution in [2.75, 3.05) is 7.05 Å². The first kappa shape index (κ1) is 14.6. The van der Waals surface area contributed by atoms with Crippen molar-refractivity contribution in [1.82, 2.24) is 14.9 Å². The smallest absolute Gasteiger partial charge is 0.124 e. The molecule has 0 amide bonds. The van der Waals surface area contributed by atoms with Crippen molar-refractivity contribution in [3.8, 4) is 0 Å². The van der Waals surface area contributed by atoms with Crippen LogP contribution in [0.4, 0.5) is 4.39 Å². The predicted octanol–water partition coefficient (Wildman–Crippen LogP) is 3.51. The van der Waals surface area contributed by atoms with Crippen LogP contribution < -0.4 is 5.32 Å². The number of hydrogen-bond donors (Lipinski definition) is 1. The van der Waals surface area contributed by atoms with Gasteiger partial charge in [0.25, 0.3) is 0 Å². The Bertz CT molecular complexity index is 559. The molecule has 0 aliphatic heterocycles. The second kappa shape index (κ2) is 6.54. The van der Waals surface area contributed by atoms with Crippen molar-refractivity contribution < 1.29 is 4.39 Å². The Morgan fingerprint density at radius 2 is 2.26 bits per heavy atom. The molecule has 1 N–H and O–H groups in total. The molecule has 0 spiro atoms. The predicted molar refractivity (Wildman–Crippen MR) is 78.9 cm³/mol. The molecule has 1 unspecified atom stereocenters. The SMILES string of the molecule is CCc1nnsc1C(Cc1ccc(F)cc1Br)NC. The van der Waals surface area contributed by atoms with Gasteiger partial charge in [-0.05, 0) is 49.1 Å². The van der Waals surface area contributed by atoms with E-state index in [1.165, 1.54) is 23.7 Å². The molecule has 2 rings (SSSR count). The van der Waals surface area contributed by atoms with Crippen molar-refractivity contribution >= 4 is 27.5 Å². The lowest BCUT2D eigenvalue weighted by molar-refractivity contribution is 0.590. The van der Waals surface area contributed by atoms with Gasteiger partial charge in [0.15, 0.2) is 0 Å². The standard InChI is InChI=1S/C13H15BrFN3S/c1-3-11-13(19-18-17-11)12(16-2)6-8-4-5-9(15)7-10(8)14/h4-5,7,12,16H,3,6H2,1-2H3. The second-order valence-corrected chi connectivity index (χ2v) is 5.86. The van der Waals surface area contributed by atoms with Crippen LogP contribution in [0.25, 0.3) is 0 Å². The molecule has 1 heterocycles. The second-order valence-electron chi connectivity index (χ2n) is 4.22. The number of hydrogen-bond acceptors (Lipinski definition) is 4. The molecule has 3 nitrogen and oxygen atoms in total. The molecule has 0 aliphatic carbocycles. The number of aryl methyl sites for hydroxylation is 1. The zero-order valence-corrected chi connectivity index (χ0v) is 13.2. The van der Waals surface area contributed by atoms with E-state index in [0.717, 1.165) is 33.4 Å². The first-order chi connectivity index (χ1) is 9.15. The highest BCUT2D eigenvalue weighted by Gasteiger charge is 2.18. The van der Waals surface area contributed by atoms with Gasteiger partial charge in [-0.15, -0.1) is 5.10 Å². The molecular weight excluding hydrogens is 329 g/mol. The van der Waals surface area contributed by atoms with Gasteiger partial charge in [0.05, 0.1) is 10.6 Å². The maximum Gasteiger partial charge on any atom is 0.124 e. The van der Waals surface area contributed by atoms with Crippen molar-refractivity contribution in [2.24, 2.45) is 0 Å². The van der Waals surface area contributed by atoms with Crippen LogP contribution >= 0.6 is 27.5 Å². The highest BCUT2D eigenvalue weighted by molar-refractivity contribution is 9.10. The Balaban J connectivity index is 2.24. The summed E-state index contributed by atoms with van der Waals surface area (Å²) in [6.45, 7) is 2.07. The van der Waals surface area contributed by atoms with Crippen molar-refractivity contribution in [3.63, 3.8) is 0 Å². The Labute approximate surface area is 124 Å². The third-order valence-electron chi connectivity index (χ3n) is 3.02. The van der Waals surface area contributed by atoms with E-state index in [2.05, 4.69) is 37.8 Å². The minimum atomic E-state index is -0.231. The van der Waals surface area contributed by atoms with E-state index < -0.39 is 0 Å². The summed E-state index contributed by atoms with van der Waals surface area (Å²) in [5, 5.41) is 7.42. The summed E-state index contributed by atoms with van der Waals surface area (Å²) in [6.07, 6.45) is 1.64. The maximum atomic E-state index is 13.1. The molecule has 0 bridgehead atoms. The topological polar surface area (TPSA) is 37.8 Å². The fourth-order valence-corrected chi connectivity index (χ4v) is 3.32. The van der Waals surface area contributed by atoms with Crippen molar-refractivity contribution in [2.45, 2.75) is 25.8 Å². The average Bonchev–Trinajstić information content (AvgIpc) is 2.86. The zero-order chi connectivity index (χ0) is 13.8. The molecule has 6 heteroatoms. The largest absolute Gasteiger partial charge is 0.312 e. The monoisotopic (exact) mass is 343 g/mol. The normalized spacial score (nSPS) is 12.6. The minimum absolute atomic E-state index is 0.150. The van der Waals surface area contributed by atoms with Crippen LogP contribution in [0.2, 0.25) is 0 Å². The van der Waals surface area contributed by atoms with Gasteiger partial charge in [-0.3, -0.25) is 0 Å². The van der Waals surface area contributed by atoms with Crippen LogP contribution in [0.1, 0.15) is 29.1 Å². The van der Waals surface area contributed by atoms with E-state index in [0.29, 0.717) is 0 Å². The average molecular weight is 344 g/mol. The number of nitrogens with one attached hydrogen (secondary N) is 1. The van der Waals surface area contributed by atoms with Gasteiger partial charge in [0, 0.05) is 10.5 Å². The number of benzene rings is 1. The lowest BCUT2D eigenvalue weighted by atomic mass is 10.0. The van der Waals surface area contributed by atoms with Crippen molar-refractivity contribution in [1.29, 1.82) is 0 Å². The lowest BCUT2D eigenvalue weighted by Gasteiger charge is -2.16. The van der Waals surface area contributed by atoms with Gasteiger partial charge in [-0.1, -0.05) is 33.4 Å². The summed E-state index contributed by atoms with van der Waals surface area (Å²) < 4.78 is 17.9. The van der Waals surface area contributed by atoms with Crippen LogP contribution in [0, 0.1) is 5.82 Å². The molecule has 1 atom stereocenters. The first-order valence-electron chi connectivity index (χ1n) is 6.08. The van der Waals surface area contributed by atoms with Crippen LogP contribution in [-0.4, -0.2) is 16.6 Å². The van der Waals surface area contributed by atoms with E-state index in [4.69, 9.17) is 0 Å². The van der Waals surface area contributed by atoms with Crippen LogP contribution in [-0.2, 0) is 12.8 Å². The van der Waals surface area contributed by atoms with Gasteiger partial charge in [0.1, 0.15) is 5.82 Å². The molecule has 0 saturated heterocycles. The Morgan fingerprint density at radius 1 is 1.47 bits per heavy atom. The highest BCUT2D eigenvalue weighted by Crippen LogP contribution is 2.27. The van der Waals surface area contributed by atoms with Crippen LogP contribution in [0.15, 0.2) is 22.7 Å². The van der Waals surface area contributed by atoms with Gasteiger partial charge in [0.2, 0.25) is 0 Å². The Kier molecular flexibility index (Phi) is 5.01. The third-order valence-corrected chi connectivity index (χ3v) is 4.64. The summed E-state index contributed by atoms with van der Waals surface area (Å²) in [5.41, 5.74) is 2.10. The summed E-state index contributed by atoms with van der Waals surface area (Å²) in [4.78, 5) is 1.15. The Hall–Kier alpha value is -0.850.